The van der Waals surface area contributed by atoms with E-state index in [-0.39, 0.29) is 0 Å². The van der Waals surface area contributed by atoms with E-state index in [1.165, 1.54) is 0 Å². The van der Waals surface area contributed by atoms with Gasteiger partial charge in [0.25, 0.3) is 5.95 Å². The number of hydrogen-bond donors (Lipinski definition) is 0. The molecule has 0 N–H and O–H groups in total. The van der Waals surface area contributed by atoms with Gasteiger partial charge in [-0.15, -0.1) is 4.91 Å². The number of halogens is 3. The third kappa shape index (κ3) is 1.34. The molecule has 1 heterocycles. The number of rotatable bonds is 1. The smallest absolute Gasteiger partial charge is 0.202 e. The molecular formula is C5HF3N2O. The van der Waals surface area contributed by atoms with Gasteiger partial charge in [-0.1, -0.05) is 0 Å². The average Bonchev–Trinajstić information content (AvgIpc) is 1.97. The maximum absolute atomic E-state index is 12.2. The Morgan fingerprint density at radius 1 is 1.27 bits per heavy atom. The fraction of sp³-hybridized carbons (Fsp3) is 0. The molecule has 58 valence electrons. The monoisotopic (exact) mass is 162 g/mol. The molecule has 1 aromatic heterocycles. The van der Waals surface area contributed by atoms with Crippen LogP contribution in [0, 0.1) is 22.6 Å². The first-order valence-corrected chi connectivity index (χ1v) is 2.50. The van der Waals surface area contributed by atoms with Crippen LogP contribution in [0.5, 0.6) is 0 Å². The Morgan fingerprint density at radius 2 is 1.91 bits per heavy atom. The van der Waals surface area contributed by atoms with Crippen LogP contribution in [-0.4, -0.2) is 4.98 Å². The summed E-state index contributed by atoms with van der Waals surface area (Å²) < 4.78 is 36.4. The molecule has 6 heteroatoms. The molecule has 1 rings (SSSR count). The highest BCUT2D eigenvalue weighted by molar-refractivity contribution is 5.34. The normalized spacial score (nSPS) is 9.73. The number of aromatic nitrogens is 1. The Morgan fingerprint density at radius 3 is 2.45 bits per heavy atom. The molecule has 0 bridgehead atoms. The lowest BCUT2D eigenvalue weighted by Crippen LogP contribution is -1.92. The van der Waals surface area contributed by atoms with E-state index in [0.717, 1.165) is 0 Å². The third-order valence-corrected chi connectivity index (χ3v) is 0.967. The number of hydrogen-bond acceptors (Lipinski definition) is 3. The van der Waals surface area contributed by atoms with Gasteiger partial charge in [-0.3, -0.25) is 0 Å². The van der Waals surface area contributed by atoms with Gasteiger partial charge in [0.2, 0.25) is 5.95 Å². The topological polar surface area (TPSA) is 42.3 Å². The molecule has 0 saturated heterocycles. The molecule has 1 aromatic rings. The van der Waals surface area contributed by atoms with Gasteiger partial charge in [-0.25, -0.2) is 4.39 Å². The Balaban J connectivity index is 3.31. The summed E-state index contributed by atoms with van der Waals surface area (Å²) in [6.45, 7) is 0. The largest absolute Gasteiger partial charge is 0.251 e. The fourth-order valence-electron chi connectivity index (χ4n) is 0.500. The van der Waals surface area contributed by atoms with Gasteiger partial charge < -0.3 is 0 Å². The van der Waals surface area contributed by atoms with Crippen LogP contribution in [0.25, 0.3) is 0 Å². The summed E-state index contributed by atoms with van der Waals surface area (Å²) in [6.07, 6.45) is 0. The third-order valence-electron chi connectivity index (χ3n) is 0.967. The number of pyridine rings is 1. The molecule has 11 heavy (non-hydrogen) atoms. The summed E-state index contributed by atoms with van der Waals surface area (Å²) in [5.74, 6) is -4.41. The Hall–Kier alpha value is -1.46. The molecule has 0 fully saturated rings. The second-order valence-corrected chi connectivity index (χ2v) is 1.66. The van der Waals surface area contributed by atoms with Gasteiger partial charge in [-0.2, -0.15) is 13.8 Å². The lowest BCUT2D eigenvalue weighted by atomic mass is 10.4. The minimum absolute atomic E-state index is 0.338. The molecule has 0 saturated carbocycles. The van der Waals surface area contributed by atoms with E-state index in [2.05, 4.69) is 10.2 Å². The molecule has 0 aliphatic rings. The van der Waals surface area contributed by atoms with Crippen molar-refractivity contribution >= 4 is 5.69 Å². The molecule has 0 aromatic carbocycles. The zero-order valence-electron chi connectivity index (χ0n) is 5.01. The molecule has 0 aliphatic heterocycles. The number of nitrogens with zero attached hydrogens (tertiary/aromatic N) is 2. The van der Waals surface area contributed by atoms with Crippen molar-refractivity contribution in [3.63, 3.8) is 0 Å². The highest BCUT2D eigenvalue weighted by Gasteiger charge is 2.10. The highest BCUT2D eigenvalue weighted by Crippen LogP contribution is 2.17. The van der Waals surface area contributed by atoms with E-state index in [1.54, 1.807) is 0 Å². The summed E-state index contributed by atoms with van der Waals surface area (Å²) in [4.78, 5) is 12.1. The Kier molecular flexibility index (Phi) is 1.84. The molecular weight excluding hydrogens is 161 g/mol. The van der Waals surface area contributed by atoms with E-state index in [9.17, 15) is 18.1 Å². The van der Waals surface area contributed by atoms with Crippen molar-refractivity contribution in [2.45, 2.75) is 0 Å². The first-order valence-electron chi connectivity index (χ1n) is 2.50. The lowest BCUT2D eigenvalue weighted by Gasteiger charge is -1.92. The molecule has 0 spiro atoms. The van der Waals surface area contributed by atoms with Crippen molar-refractivity contribution in [1.82, 2.24) is 4.98 Å². The lowest BCUT2D eigenvalue weighted by molar-refractivity contribution is 0.449. The van der Waals surface area contributed by atoms with Gasteiger partial charge in [0, 0.05) is 6.07 Å². The van der Waals surface area contributed by atoms with Gasteiger partial charge in [0.15, 0.2) is 11.5 Å². The van der Waals surface area contributed by atoms with Crippen LogP contribution in [0.3, 0.4) is 0 Å². The van der Waals surface area contributed by atoms with E-state index in [4.69, 9.17) is 0 Å². The van der Waals surface area contributed by atoms with Crippen LogP contribution in [0.4, 0.5) is 18.9 Å². The predicted molar refractivity (Wildman–Crippen MR) is 29.6 cm³/mol. The summed E-state index contributed by atoms with van der Waals surface area (Å²) in [5, 5.41) is 2.08. The number of nitroso groups, excluding NO2 is 1. The molecule has 0 radical (unpaired) electrons. The van der Waals surface area contributed by atoms with Crippen molar-refractivity contribution in [3.05, 3.63) is 28.7 Å². The molecule has 0 amide bonds. The van der Waals surface area contributed by atoms with Crippen molar-refractivity contribution in [3.8, 4) is 0 Å². The van der Waals surface area contributed by atoms with E-state index >= 15 is 0 Å². The zero-order valence-corrected chi connectivity index (χ0v) is 5.01. The zero-order chi connectivity index (χ0) is 8.43. The van der Waals surface area contributed by atoms with Gasteiger partial charge in [-0.05, 0) is 5.18 Å². The first kappa shape index (κ1) is 7.64. The van der Waals surface area contributed by atoms with Crippen LogP contribution in [0.15, 0.2) is 11.2 Å². The second-order valence-electron chi connectivity index (χ2n) is 1.66. The Bertz CT molecular complexity index is 302. The van der Waals surface area contributed by atoms with Gasteiger partial charge in [0.1, 0.15) is 0 Å². The summed E-state index contributed by atoms with van der Waals surface area (Å²) >= 11 is 0. The van der Waals surface area contributed by atoms with E-state index < -0.39 is 23.4 Å². The molecule has 3 nitrogen and oxygen atoms in total. The molecule has 0 atom stereocenters. The van der Waals surface area contributed by atoms with Crippen LogP contribution in [0.2, 0.25) is 0 Å². The summed E-state index contributed by atoms with van der Waals surface area (Å²) in [6, 6.07) is 0.338. The molecule has 0 aliphatic carbocycles. The highest BCUT2D eigenvalue weighted by atomic mass is 19.2. The Labute approximate surface area is 58.8 Å². The standard InChI is InChI=1S/C5HF3N2O/c6-2-1-3(10-11)5(8)9-4(2)7/h1H. The van der Waals surface area contributed by atoms with Crippen LogP contribution in [-0.2, 0) is 0 Å². The van der Waals surface area contributed by atoms with Crippen molar-refractivity contribution in [2.24, 2.45) is 5.18 Å². The van der Waals surface area contributed by atoms with Crippen molar-refractivity contribution in [1.29, 1.82) is 0 Å². The van der Waals surface area contributed by atoms with Crippen LogP contribution in [0.1, 0.15) is 0 Å². The SMILES string of the molecule is O=Nc1cc(F)c(F)nc1F. The van der Waals surface area contributed by atoms with E-state index in [1.807, 2.05) is 0 Å². The average molecular weight is 162 g/mol. The van der Waals surface area contributed by atoms with E-state index in [0.29, 0.717) is 6.07 Å². The summed E-state index contributed by atoms with van der Waals surface area (Å²) in [5.41, 5.74) is -0.844. The van der Waals surface area contributed by atoms with Gasteiger partial charge >= 0.3 is 0 Å². The maximum atomic E-state index is 12.2. The first-order chi connectivity index (χ1) is 5.15. The second kappa shape index (κ2) is 2.65. The van der Waals surface area contributed by atoms with Crippen molar-refractivity contribution < 1.29 is 13.2 Å². The van der Waals surface area contributed by atoms with Crippen molar-refractivity contribution in [2.75, 3.05) is 0 Å². The quantitative estimate of drug-likeness (QED) is 0.467. The van der Waals surface area contributed by atoms with Gasteiger partial charge in [0.05, 0.1) is 0 Å². The van der Waals surface area contributed by atoms with Crippen LogP contribution < -0.4 is 0 Å². The van der Waals surface area contributed by atoms with Crippen LogP contribution >= 0.6 is 0 Å². The minimum atomic E-state index is -1.59. The fourth-order valence-corrected chi connectivity index (χ4v) is 0.500. The minimum Gasteiger partial charge on any atom is -0.202 e. The maximum Gasteiger partial charge on any atom is 0.251 e. The predicted octanol–water partition coefficient (Wildman–Crippen LogP) is 1.90. The summed E-state index contributed by atoms with van der Waals surface area (Å²) in [7, 11) is 0. The molecule has 0 unspecified atom stereocenters.